The van der Waals surface area contributed by atoms with Crippen molar-refractivity contribution < 1.29 is 0 Å². The molecule has 0 amide bonds. The zero-order valence-electron chi connectivity index (χ0n) is 15.1. The van der Waals surface area contributed by atoms with Gasteiger partial charge in [-0.1, -0.05) is 0 Å². The van der Waals surface area contributed by atoms with Crippen molar-refractivity contribution in [3.05, 3.63) is 138 Å². The molecule has 4 aromatic carbocycles. The van der Waals surface area contributed by atoms with Crippen LogP contribution in [0.3, 0.4) is 0 Å². The molecule has 0 aromatic heterocycles. The molecule has 0 aliphatic heterocycles. The fourth-order valence-electron chi connectivity index (χ4n) is 3.38. The van der Waals surface area contributed by atoms with E-state index in [1.807, 2.05) is 0 Å². The first-order chi connectivity index (χ1) is 13.4. The maximum absolute atomic E-state index is 2.74. The quantitative estimate of drug-likeness (QED) is 0.337. The van der Waals surface area contributed by atoms with Crippen molar-refractivity contribution in [1.82, 2.24) is 0 Å². The van der Waals surface area contributed by atoms with E-state index >= 15 is 0 Å². The van der Waals surface area contributed by atoms with Crippen molar-refractivity contribution >= 4 is 26.6 Å². The third-order valence-corrected chi connectivity index (χ3v) is 12.5. The first-order valence-corrected chi connectivity index (χ1v) is 13.2. The first kappa shape index (κ1) is 17.6. The molecule has 4 aromatic rings. The summed E-state index contributed by atoms with van der Waals surface area (Å²) in [6, 6.07) is 43.5. The molecule has 0 aliphatic carbocycles. The summed E-state index contributed by atoms with van der Waals surface area (Å²) in [6.07, 6.45) is 0. The van der Waals surface area contributed by atoms with Gasteiger partial charge in [-0.3, -0.25) is 0 Å². The second kappa shape index (κ2) is 8.25. The van der Waals surface area contributed by atoms with Crippen LogP contribution in [0.2, 0.25) is 0 Å². The Hall–Kier alpha value is -2.82. The third kappa shape index (κ3) is 3.97. The van der Waals surface area contributed by atoms with Crippen molar-refractivity contribution in [1.29, 1.82) is 0 Å². The van der Waals surface area contributed by atoms with Crippen LogP contribution in [0.25, 0.3) is 0 Å². The minimum atomic E-state index is -2.74. The van der Waals surface area contributed by atoms with E-state index in [0.29, 0.717) is 0 Å². The van der Waals surface area contributed by atoms with Crippen LogP contribution in [-0.2, 0) is 0 Å². The van der Waals surface area contributed by atoms with Crippen LogP contribution in [0.1, 0.15) is 11.1 Å². The summed E-state index contributed by atoms with van der Waals surface area (Å²) >= 11 is -2.74. The molecular weight excluding hydrogens is 387 g/mol. The van der Waals surface area contributed by atoms with Gasteiger partial charge in [0.15, 0.2) is 0 Å². The van der Waals surface area contributed by atoms with Gasteiger partial charge in [0.2, 0.25) is 0 Å². The molecule has 1 heteroatoms. The molecule has 4 rings (SSSR count). The molecule has 0 fully saturated rings. The summed E-state index contributed by atoms with van der Waals surface area (Å²) < 4.78 is 2.85. The molecule has 0 spiro atoms. The summed E-state index contributed by atoms with van der Waals surface area (Å²) in [5.41, 5.74) is 2.56. The topological polar surface area (TPSA) is 0 Å². The van der Waals surface area contributed by atoms with Gasteiger partial charge in [-0.15, -0.1) is 0 Å². The van der Waals surface area contributed by atoms with Gasteiger partial charge in [0.25, 0.3) is 0 Å². The van der Waals surface area contributed by atoms with E-state index in [1.165, 1.54) is 19.8 Å². The maximum atomic E-state index is 2.54. The monoisotopic (exact) mass is 409 g/mol. The van der Waals surface area contributed by atoms with Gasteiger partial charge in [0.05, 0.1) is 0 Å². The summed E-state index contributed by atoms with van der Waals surface area (Å²) in [5.74, 6) is 0. The molecule has 0 saturated carbocycles. The molecule has 0 nitrogen and oxygen atoms in total. The van der Waals surface area contributed by atoms with E-state index in [4.69, 9.17) is 0 Å². The van der Waals surface area contributed by atoms with Gasteiger partial charge >= 0.3 is 164 Å². The molecule has 0 atom stereocenters. The fourth-order valence-corrected chi connectivity index (χ4v) is 10.9. The molecule has 0 heterocycles. The van der Waals surface area contributed by atoms with Gasteiger partial charge in [0, 0.05) is 0 Å². The number of hydrogen-bond acceptors (Lipinski definition) is 0. The molecule has 27 heavy (non-hydrogen) atoms. The molecule has 0 saturated heterocycles. The van der Waals surface area contributed by atoms with E-state index in [0.717, 1.165) is 0 Å². The predicted octanol–water partition coefficient (Wildman–Crippen LogP) is 4.47. The van der Waals surface area contributed by atoms with Gasteiger partial charge in [-0.2, -0.15) is 0 Å². The van der Waals surface area contributed by atoms with Gasteiger partial charge in [-0.25, -0.2) is 0 Å². The zero-order valence-corrected chi connectivity index (χ0v) is 17.0. The second-order valence-corrected chi connectivity index (χ2v) is 13.0. The molecule has 0 N–H and O–H groups in total. The van der Waals surface area contributed by atoms with Crippen molar-refractivity contribution in [2.75, 3.05) is 0 Å². The Morgan fingerprint density at radius 1 is 0.481 bits per heavy atom. The Labute approximate surface area is 164 Å². The third-order valence-electron chi connectivity index (χ3n) is 4.67. The summed E-state index contributed by atoms with van der Waals surface area (Å²) in [5, 5.41) is 2.54. The van der Waals surface area contributed by atoms with Crippen LogP contribution in [0.4, 0.5) is 0 Å². The zero-order chi connectivity index (χ0) is 18.4. The average Bonchev–Trinajstić information content (AvgIpc) is 2.76. The molecule has 132 valence electrons. The summed E-state index contributed by atoms with van der Waals surface area (Å²) in [4.78, 5) is 2.54. The SMILES string of the molecule is C(c1ccccc1)=[As]([CH-]c1ccccc1)(c1ccccc1)c1ccccc1. The van der Waals surface area contributed by atoms with E-state index in [9.17, 15) is 0 Å². The summed E-state index contributed by atoms with van der Waals surface area (Å²) in [6.45, 7) is 0. The van der Waals surface area contributed by atoms with Crippen LogP contribution in [-0.4, -0.2) is 17.9 Å². The summed E-state index contributed by atoms with van der Waals surface area (Å²) in [7, 11) is 0. The van der Waals surface area contributed by atoms with Crippen molar-refractivity contribution in [3.8, 4) is 0 Å². The van der Waals surface area contributed by atoms with Gasteiger partial charge < -0.3 is 0 Å². The molecular formula is C26H22As-. The van der Waals surface area contributed by atoms with E-state index in [2.05, 4.69) is 131 Å². The first-order valence-electron chi connectivity index (χ1n) is 9.18. The van der Waals surface area contributed by atoms with E-state index < -0.39 is 13.1 Å². The minimum absolute atomic E-state index is 1.28. The van der Waals surface area contributed by atoms with Crippen LogP contribution in [0.15, 0.2) is 121 Å². The average molecular weight is 409 g/mol. The normalized spacial score (nSPS) is 11.0. The van der Waals surface area contributed by atoms with Crippen LogP contribution in [0.5, 0.6) is 0 Å². The fraction of sp³-hybridized carbons (Fsp3) is 0. The van der Waals surface area contributed by atoms with Crippen LogP contribution in [0, 0.1) is 5.21 Å². The Bertz CT molecular complexity index is 977. The van der Waals surface area contributed by atoms with Crippen molar-refractivity contribution in [2.24, 2.45) is 0 Å². The Balaban J connectivity index is 2.01. The standard InChI is InChI=1S/C26H22As/c1-5-13-23(14-6-1)21-27(25-17-9-3-10-18-25,26-19-11-4-12-20-26)22-24-15-7-2-8-16-24/h1-22H/q-1. The van der Waals surface area contributed by atoms with Crippen LogP contribution >= 0.6 is 0 Å². The predicted molar refractivity (Wildman–Crippen MR) is 119 cm³/mol. The Morgan fingerprint density at radius 2 is 0.889 bits per heavy atom. The van der Waals surface area contributed by atoms with Gasteiger partial charge in [0.1, 0.15) is 0 Å². The number of rotatable bonds is 5. The van der Waals surface area contributed by atoms with Crippen LogP contribution < -0.4 is 8.70 Å². The van der Waals surface area contributed by atoms with E-state index in [-0.39, 0.29) is 0 Å². The van der Waals surface area contributed by atoms with Crippen molar-refractivity contribution in [2.45, 2.75) is 0 Å². The van der Waals surface area contributed by atoms with Crippen molar-refractivity contribution in [3.63, 3.8) is 0 Å². The molecule has 0 bridgehead atoms. The number of benzene rings is 4. The van der Waals surface area contributed by atoms with Gasteiger partial charge in [-0.05, 0) is 0 Å². The number of hydrogen-bond donors (Lipinski definition) is 0. The Kier molecular flexibility index (Phi) is 5.37. The molecule has 0 radical (unpaired) electrons. The Morgan fingerprint density at radius 3 is 1.37 bits per heavy atom. The molecule has 0 aliphatic rings. The molecule has 0 unspecified atom stereocenters. The second-order valence-electron chi connectivity index (χ2n) is 6.53. The van der Waals surface area contributed by atoms with E-state index in [1.54, 1.807) is 0 Å².